The van der Waals surface area contributed by atoms with Crippen LogP contribution in [-0.2, 0) is 28.6 Å². The smallest absolute Gasteiger partial charge is 0.302 e. The van der Waals surface area contributed by atoms with Crippen molar-refractivity contribution in [3.63, 3.8) is 0 Å². The predicted octanol–water partition coefficient (Wildman–Crippen LogP) is 4.01. The maximum Gasteiger partial charge on any atom is 0.302 e. The molecule has 0 amide bonds. The van der Waals surface area contributed by atoms with Gasteiger partial charge in [0.2, 0.25) is 0 Å². The molecule has 0 radical (unpaired) electrons. The molecule has 30 heavy (non-hydrogen) atoms. The average molecular weight is 421 g/mol. The van der Waals surface area contributed by atoms with Crippen molar-refractivity contribution in [3.8, 4) is 0 Å². The molecule has 0 bridgehead atoms. The molecule has 2 aliphatic carbocycles. The topological polar surface area (TPSA) is 78.9 Å². The van der Waals surface area contributed by atoms with Crippen LogP contribution in [0.25, 0.3) is 0 Å². The van der Waals surface area contributed by atoms with E-state index in [-0.39, 0.29) is 41.1 Å². The lowest BCUT2D eigenvalue weighted by Crippen LogP contribution is -2.70. The zero-order valence-electron chi connectivity index (χ0n) is 19.4. The third-order valence-corrected chi connectivity index (χ3v) is 8.41. The largest absolute Gasteiger partial charge is 0.462 e. The molecule has 3 fully saturated rings. The van der Waals surface area contributed by atoms with E-state index in [9.17, 15) is 14.4 Å². The number of carbonyl (C=O) groups is 3. The van der Waals surface area contributed by atoms with E-state index in [1.807, 2.05) is 0 Å². The predicted molar refractivity (Wildman–Crippen MR) is 112 cm³/mol. The van der Waals surface area contributed by atoms with E-state index in [0.29, 0.717) is 12.8 Å². The molecule has 2 saturated carbocycles. The summed E-state index contributed by atoms with van der Waals surface area (Å²) in [6.45, 7) is 16.9. The molecule has 3 rings (SSSR count). The lowest BCUT2D eigenvalue weighted by molar-refractivity contribution is -0.279. The third-order valence-electron chi connectivity index (χ3n) is 8.41. The molecule has 1 aliphatic heterocycles. The van der Waals surface area contributed by atoms with Gasteiger partial charge in [-0.15, -0.1) is 0 Å². The number of esters is 2. The lowest BCUT2D eigenvalue weighted by atomic mass is 9.42. The van der Waals surface area contributed by atoms with Crippen LogP contribution in [0, 0.1) is 22.7 Å². The monoisotopic (exact) mass is 420 g/mol. The van der Waals surface area contributed by atoms with Crippen molar-refractivity contribution in [1.29, 1.82) is 0 Å². The van der Waals surface area contributed by atoms with Crippen molar-refractivity contribution in [2.24, 2.45) is 22.7 Å². The van der Waals surface area contributed by atoms with E-state index in [1.54, 1.807) is 13.0 Å². The Morgan fingerprint density at radius 3 is 2.13 bits per heavy atom. The van der Waals surface area contributed by atoms with Crippen molar-refractivity contribution in [3.05, 3.63) is 12.7 Å². The molecule has 168 valence electrons. The molecule has 1 heterocycles. The summed E-state index contributed by atoms with van der Waals surface area (Å²) in [6.07, 6.45) is 3.13. The second-order valence-electron chi connectivity index (χ2n) is 10.6. The Hall–Kier alpha value is -1.69. The quantitative estimate of drug-likeness (QED) is 0.507. The first-order chi connectivity index (χ1) is 13.7. The summed E-state index contributed by atoms with van der Waals surface area (Å²) in [4.78, 5) is 36.9. The Morgan fingerprint density at radius 2 is 1.60 bits per heavy atom. The highest BCUT2D eigenvalue weighted by molar-refractivity contribution is 5.90. The summed E-state index contributed by atoms with van der Waals surface area (Å²) in [5.41, 5.74) is -2.36. The molecule has 3 aliphatic rings. The van der Waals surface area contributed by atoms with E-state index < -0.39 is 22.7 Å². The summed E-state index contributed by atoms with van der Waals surface area (Å²) in [5, 5.41) is 0. The van der Waals surface area contributed by atoms with Crippen LogP contribution >= 0.6 is 0 Å². The van der Waals surface area contributed by atoms with Crippen molar-refractivity contribution >= 4 is 17.7 Å². The van der Waals surface area contributed by atoms with Gasteiger partial charge >= 0.3 is 11.9 Å². The number of carbonyl (C=O) groups excluding carboxylic acids is 3. The Balaban J connectivity index is 2.09. The number of hydrogen-bond acceptors (Lipinski definition) is 6. The molecular formula is C24H36O6. The molecular weight excluding hydrogens is 384 g/mol. The minimum atomic E-state index is -1.00. The molecule has 0 aromatic heterocycles. The number of ketones is 1. The summed E-state index contributed by atoms with van der Waals surface area (Å²) >= 11 is 0. The molecule has 0 spiro atoms. The Labute approximate surface area is 179 Å². The molecule has 0 aromatic carbocycles. The first-order valence-electron chi connectivity index (χ1n) is 10.9. The minimum Gasteiger partial charge on any atom is -0.462 e. The molecule has 6 nitrogen and oxygen atoms in total. The van der Waals surface area contributed by atoms with E-state index in [0.717, 1.165) is 12.8 Å². The standard InChI is InChI=1S/C24H36O6/c1-9-22(6)18(27)12-17-23(7,30-22)11-10-16-21(4,5)19(28-14(2)25)13-20(24(16,17)8)29-15(3)26/h9,16-17,19-20H,1,10-13H2,2-8H3/t16-,17-,19-,20+,22+,23+,24-/m1/s1. The third kappa shape index (κ3) is 3.31. The van der Waals surface area contributed by atoms with E-state index in [1.165, 1.54) is 13.8 Å². The van der Waals surface area contributed by atoms with E-state index in [2.05, 4.69) is 34.3 Å². The van der Waals surface area contributed by atoms with Gasteiger partial charge in [0.15, 0.2) is 5.78 Å². The molecule has 0 aromatic rings. The second-order valence-corrected chi connectivity index (χ2v) is 10.6. The SMILES string of the molecule is C=C[C@]1(C)O[C@@]2(C)CC[C@@H]3C(C)(C)[C@H](OC(C)=O)C[C@H](OC(C)=O)[C@@]3(C)[C@@H]2CC1=O. The highest BCUT2D eigenvalue weighted by Gasteiger charge is 2.69. The number of hydrogen-bond donors (Lipinski definition) is 0. The minimum absolute atomic E-state index is 0.00309. The van der Waals surface area contributed by atoms with Gasteiger partial charge in [0.1, 0.15) is 17.8 Å². The number of fused-ring (bicyclic) bond motifs is 3. The maximum atomic E-state index is 13.1. The van der Waals surface area contributed by atoms with Crippen LogP contribution in [0.2, 0.25) is 0 Å². The fraction of sp³-hybridized carbons (Fsp3) is 0.792. The summed E-state index contributed by atoms with van der Waals surface area (Å²) in [7, 11) is 0. The maximum absolute atomic E-state index is 13.1. The van der Waals surface area contributed by atoms with Crippen molar-refractivity contribution in [1.82, 2.24) is 0 Å². The van der Waals surface area contributed by atoms with Gasteiger partial charge in [-0.25, -0.2) is 0 Å². The Morgan fingerprint density at radius 1 is 1.03 bits per heavy atom. The van der Waals surface area contributed by atoms with Crippen LogP contribution < -0.4 is 0 Å². The highest BCUT2D eigenvalue weighted by Crippen LogP contribution is 2.66. The molecule has 0 unspecified atom stereocenters. The van der Waals surface area contributed by atoms with Crippen LogP contribution in [0.3, 0.4) is 0 Å². The van der Waals surface area contributed by atoms with Gasteiger partial charge in [0.25, 0.3) is 0 Å². The number of Topliss-reactive ketones (excluding diaryl/α,β-unsaturated/α-hetero) is 1. The van der Waals surface area contributed by atoms with Gasteiger partial charge in [-0.2, -0.15) is 0 Å². The van der Waals surface area contributed by atoms with Crippen LogP contribution in [0.1, 0.15) is 74.1 Å². The first kappa shape index (κ1) is 23.0. The Kier molecular flexibility index (Phi) is 5.50. The van der Waals surface area contributed by atoms with E-state index in [4.69, 9.17) is 14.2 Å². The summed E-state index contributed by atoms with van der Waals surface area (Å²) in [5.74, 6) is -0.728. The van der Waals surface area contributed by atoms with E-state index >= 15 is 0 Å². The summed E-state index contributed by atoms with van der Waals surface area (Å²) in [6, 6.07) is 0. The molecule has 7 atom stereocenters. The van der Waals surface area contributed by atoms with Crippen LogP contribution in [0.5, 0.6) is 0 Å². The summed E-state index contributed by atoms with van der Waals surface area (Å²) < 4.78 is 18.0. The second kappa shape index (κ2) is 7.18. The van der Waals surface area contributed by atoms with Gasteiger partial charge < -0.3 is 14.2 Å². The molecule has 0 N–H and O–H groups in total. The zero-order chi connectivity index (χ0) is 22.7. The Bertz CT molecular complexity index is 772. The van der Waals surface area contributed by atoms with Crippen LogP contribution in [0.15, 0.2) is 12.7 Å². The van der Waals surface area contributed by atoms with Crippen molar-refractivity contribution in [2.75, 3.05) is 0 Å². The number of rotatable bonds is 3. The molecule has 6 heteroatoms. The lowest BCUT2D eigenvalue weighted by Gasteiger charge is -2.67. The fourth-order valence-corrected chi connectivity index (χ4v) is 6.83. The van der Waals surface area contributed by atoms with Crippen LogP contribution in [-0.4, -0.2) is 41.1 Å². The first-order valence-corrected chi connectivity index (χ1v) is 10.9. The van der Waals surface area contributed by atoms with Crippen molar-refractivity contribution in [2.45, 2.75) is 97.6 Å². The highest BCUT2D eigenvalue weighted by atomic mass is 16.6. The van der Waals surface area contributed by atoms with Crippen LogP contribution in [0.4, 0.5) is 0 Å². The van der Waals surface area contributed by atoms with Gasteiger partial charge in [-0.3, -0.25) is 14.4 Å². The van der Waals surface area contributed by atoms with Crippen molar-refractivity contribution < 1.29 is 28.6 Å². The molecule has 1 saturated heterocycles. The van der Waals surface area contributed by atoms with Gasteiger partial charge in [0.05, 0.1) is 5.60 Å². The fourth-order valence-electron chi connectivity index (χ4n) is 6.83. The average Bonchev–Trinajstić information content (AvgIpc) is 2.60. The van der Waals surface area contributed by atoms with Gasteiger partial charge in [0, 0.05) is 43.4 Å². The van der Waals surface area contributed by atoms with Gasteiger partial charge in [-0.1, -0.05) is 33.4 Å². The normalized spacial score (nSPS) is 45.0. The number of ether oxygens (including phenoxy) is 3. The zero-order valence-corrected chi connectivity index (χ0v) is 19.4. The van der Waals surface area contributed by atoms with Gasteiger partial charge in [-0.05, 0) is 32.6 Å².